The van der Waals surface area contributed by atoms with Crippen molar-refractivity contribution in [1.29, 1.82) is 0 Å². The molecule has 1 aromatic rings. The maximum absolute atomic E-state index is 10.4. The molecule has 1 aromatic carbocycles. The second kappa shape index (κ2) is 6.91. The Labute approximate surface area is 102 Å². The number of hydrogen-bond donors (Lipinski definition) is 2. The number of rotatable bonds is 7. The van der Waals surface area contributed by atoms with E-state index < -0.39 is 5.97 Å². The second-order valence-electron chi connectivity index (χ2n) is 4.06. The third kappa shape index (κ3) is 5.36. The lowest BCUT2D eigenvalue weighted by Crippen LogP contribution is -2.26. The Morgan fingerprint density at radius 1 is 1.41 bits per heavy atom. The van der Waals surface area contributed by atoms with Gasteiger partial charge in [0.05, 0.1) is 7.11 Å². The van der Waals surface area contributed by atoms with Crippen LogP contribution in [0.2, 0.25) is 0 Å². The van der Waals surface area contributed by atoms with Crippen molar-refractivity contribution in [2.45, 2.75) is 32.4 Å². The minimum atomic E-state index is -0.747. The van der Waals surface area contributed by atoms with Crippen molar-refractivity contribution >= 4 is 5.97 Å². The Hall–Kier alpha value is -1.55. The fourth-order valence-corrected chi connectivity index (χ4v) is 1.48. The van der Waals surface area contributed by atoms with Gasteiger partial charge in [0.2, 0.25) is 0 Å². The molecular weight excluding hydrogens is 218 g/mol. The van der Waals surface area contributed by atoms with Crippen LogP contribution in [-0.4, -0.2) is 24.2 Å². The minimum absolute atomic E-state index is 0.202. The van der Waals surface area contributed by atoms with Crippen LogP contribution in [0.15, 0.2) is 24.3 Å². The van der Waals surface area contributed by atoms with Gasteiger partial charge in [0, 0.05) is 19.0 Å². The van der Waals surface area contributed by atoms with Crippen LogP contribution in [0.4, 0.5) is 0 Å². The highest BCUT2D eigenvalue weighted by atomic mass is 16.5. The number of methoxy groups -OCH3 is 1. The van der Waals surface area contributed by atoms with Crippen LogP contribution in [0.1, 0.15) is 25.3 Å². The van der Waals surface area contributed by atoms with E-state index in [1.54, 1.807) is 7.11 Å². The maximum atomic E-state index is 10.4. The predicted molar refractivity (Wildman–Crippen MR) is 66.2 cm³/mol. The molecular formula is C13H19NO3. The molecule has 0 saturated carbocycles. The first kappa shape index (κ1) is 13.5. The SMILES string of the molecule is COc1ccc(CNC(C)CCC(=O)O)cc1. The monoisotopic (exact) mass is 237 g/mol. The van der Waals surface area contributed by atoms with E-state index in [1.165, 1.54) is 0 Å². The number of benzene rings is 1. The molecule has 0 aromatic heterocycles. The zero-order valence-electron chi connectivity index (χ0n) is 10.3. The largest absolute Gasteiger partial charge is 0.497 e. The lowest BCUT2D eigenvalue weighted by molar-refractivity contribution is -0.137. The van der Waals surface area contributed by atoms with E-state index in [1.807, 2.05) is 31.2 Å². The third-order valence-electron chi connectivity index (χ3n) is 2.60. The highest BCUT2D eigenvalue weighted by Crippen LogP contribution is 2.11. The van der Waals surface area contributed by atoms with Crippen molar-refractivity contribution in [2.24, 2.45) is 0 Å². The molecule has 94 valence electrons. The van der Waals surface area contributed by atoms with Crippen LogP contribution in [-0.2, 0) is 11.3 Å². The topological polar surface area (TPSA) is 58.6 Å². The average molecular weight is 237 g/mol. The van der Waals surface area contributed by atoms with Crippen LogP contribution in [0, 0.1) is 0 Å². The molecule has 0 saturated heterocycles. The Bertz CT molecular complexity index is 348. The van der Waals surface area contributed by atoms with Crippen molar-refractivity contribution in [3.63, 3.8) is 0 Å². The first-order valence-corrected chi connectivity index (χ1v) is 5.70. The first-order valence-electron chi connectivity index (χ1n) is 5.70. The molecule has 17 heavy (non-hydrogen) atoms. The zero-order valence-corrected chi connectivity index (χ0v) is 10.3. The van der Waals surface area contributed by atoms with Gasteiger partial charge in [0.25, 0.3) is 0 Å². The maximum Gasteiger partial charge on any atom is 0.303 e. The molecule has 1 rings (SSSR count). The van der Waals surface area contributed by atoms with Gasteiger partial charge in [0.1, 0.15) is 5.75 Å². The third-order valence-corrected chi connectivity index (χ3v) is 2.60. The molecule has 0 aliphatic heterocycles. The van der Waals surface area contributed by atoms with Gasteiger partial charge in [0.15, 0.2) is 0 Å². The fourth-order valence-electron chi connectivity index (χ4n) is 1.48. The van der Waals surface area contributed by atoms with Gasteiger partial charge in [-0.15, -0.1) is 0 Å². The Morgan fingerprint density at radius 2 is 2.06 bits per heavy atom. The number of nitrogens with one attached hydrogen (secondary N) is 1. The number of carboxylic acid groups (broad SMARTS) is 1. The number of hydrogen-bond acceptors (Lipinski definition) is 3. The molecule has 0 heterocycles. The smallest absolute Gasteiger partial charge is 0.303 e. The van der Waals surface area contributed by atoms with Crippen molar-refractivity contribution in [1.82, 2.24) is 5.32 Å². The van der Waals surface area contributed by atoms with Gasteiger partial charge in [-0.3, -0.25) is 4.79 Å². The molecule has 2 N–H and O–H groups in total. The van der Waals surface area contributed by atoms with Crippen molar-refractivity contribution in [3.05, 3.63) is 29.8 Å². The Morgan fingerprint density at radius 3 is 2.59 bits per heavy atom. The van der Waals surface area contributed by atoms with E-state index in [0.29, 0.717) is 6.42 Å². The summed E-state index contributed by atoms with van der Waals surface area (Å²) >= 11 is 0. The van der Waals surface area contributed by atoms with E-state index in [9.17, 15) is 4.79 Å². The molecule has 0 radical (unpaired) electrons. The van der Waals surface area contributed by atoms with Gasteiger partial charge in [-0.05, 0) is 31.0 Å². The number of ether oxygens (including phenoxy) is 1. The highest BCUT2D eigenvalue weighted by Gasteiger charge is 2.04. The lowest BCUT2D eigenvalue weighted by atomic mass is 10.1. The summed E-state index contributed by atoms with van der Waals surface area (Å²) in [6, 6.07) is 8.02. The van der Waals surface area contributed by atoms with Crippen molar-refractivity contribution in [3.8, 4) is 5.75 Å². The molecule has 0 aliphatic carbocycles. The van der Waals surface area contributed by atoms with Crippen LogP contribution < -0.4 is 10.1 Å². The Kier molecular flexibility index (Phi) is 5.49. The fraction of sp³-hybridized carbons (Fsp3) is 0.462. The molecule has 0 spiro atoms. The molecule has 1 atom stereocenters. The summed E-state index contributed by atoms with van der Waals surface area (Å²) in [6.45, 7) is 2.73. The normalized spacial score (nSPS) is 12.1. The summed E-state index contributed by atoms with van der Waals surface area (Å²) in [5.74, 6) is 0.0933. The minimum Gasteiger partial charge on any atom is -0.497 e. The van der Waals surface area contributed by atoms with Crippen molar-refractivity contribution in [2.75, 3.05) is 7.11 Å². The number of carboxylic acids is 1. The molecule has 0 fully saturated rings. The van der Waals surface area contributed by atoms with E-state index in [2.05, 4.69) is 5.32 Å². The van der Waals surface area contributed by atoms with Gasteiger partial charge >= 0.3 is 5.97 Å². The summed E-state index contributed by atoms with van der Waals surface area (Å²) in [4.78, 5) is 10.4. The molecule has 0 amide bonds. The number of aliphatic carboxylic acids is 1. The molecule has 0 bridgehead atoms. The quantitative estimate of drug-likeness (QED) is 0.762. The summed E-state index contributed by atoms with van der Waals surface area (Å²) in [6.07, 6.45) is 0.849. The molecule has 4 nitrogen and oxygen atoms in total. The molecule has 4 heteroatoms. The van der Waals surface area contributed by atoms with Crippen LogP contribution >= 0.6 is 0 Å². The van der Waals surface area contributed by atoms with E-state index in [0.717, 1.165) is 17.9 Å². The van der Waals surface area contributed by atoms with Gasteiger partial charge in [-0.2, -0.15) is 0 Å². The summed E-state index contributed by atoms with van der Waals surface area (Å²) in [5.41, 5.74) is 1.16. The summed E-state index contributed by atoms with van der Waals surface area (Å²) < 4.78 is 5.07. The standard InChI is InChI=1S/C13H19NO3/c1-10(3-8-13(15)16)14-9-11-4-6-12(17-2)7-5-11/h4-7,10,14H,3,8-9H2,1-2H3,(H,15,16). The van der Waals surface area contributed by atoms with Gasteiger partial charge in [-0.25, -0.2) is 0 Å². The lowest BCUT2D eigenvalue weighted by Gasteiger charge is -2.12. The summed E-state index contributed by atoms with van der Waals surface area (Å²) in [5, 5.41) is 11.9. The number of carbonyl (C=O) groups is 1. The average Bonchev–Trinajstić information content (AvgIpc) is 2.34. The van der Waals surface area contributed by atoms with E-state index in [4.69, 9.17) is 9.84 Å². The van der Waals surface area contributed by atoms with Crippen LogP contribution in [0.25, 0.3) is 0 Å². The van der Waals surface area contributed by atoms with Crippen LogP contribution in [0.5, 0.6) is 5.75 Å². The highest BCUT2D eigenvalue weighted by molar-refractivity contribution is 5.66. The second-order valence-corrected chi connectivity index (χ2v) is 4.06. The van der Waals surface area contributed by atoms with Gasteiger partial charge in [-0.1, -0.05) is 12.1 Å². The predicted octanol–water partition coefficient (Wildman–Crippen LogP) is 2.04. The van der Waals surface area contributed by atoms with E-state index in [-0.39, 0.29) is 12.5 Å². The van der Waals surface area contributed by atoms with Crippen molar-refractivity contribution < 1.29 is 14.6 Å². The molecule has 0 aliphatic rings. The summed E-state index contributed by atoms with van der Waals surface area (Å²) in [7, 11) is 1.64. The first-order chi connectivity index (χ1) is 8.11. The molecule has 1 unspecified atom stereocenters. The van der Waals surface area contributed by atoms with Crippen LogP contribution in [0.3, 0.4) is 0 Å². The van der Waals surface area contributed by atoms with E-state index >= 15 is 0 Å². The zero-order chi connectivity index (χ0) is 12.7. The Balaban J connectivity index is 2.31. The van der Waals surface area contributed by atoms with Gasteiger partial charge < -0.3 is 15.2 Å².